The number of carbonyl (C=O) groups is 1. The molecule has 0 fully saturated rings. The summed E-state index contributed by atoms with van der Waals surface area (Å²) in [5.41, 5.74) is 5.43. The van der Waals surface area contributed by atoms with Crippen LogP contribution in [0.25, 0.3) is 0 Å². The minimum atomic E-state index is -0.897. The van der Waals surface area contributed by atoms with E-state index in [0.717, 1.165) is 57.3 Å². The van der Waals surface area contributed by atoms with Gasteiger partial charge in [0, 0.05) is 13.1 Å². The quantitative estimate of drug-likeness (QED) is 0.130. The summed E-state index contributed by atoms with van der Waals surface area (Å²) >= 11 is 0. The monoisotopic (exact) mass is 567 g/mol. The molecule has 1 unspecified atom stereocenters. The first-order valence-corrected chi connectivity index (χ1v) is 15.3. The minimum Gasteiger partial charge on any atom is -0.478 e. The van der Waals surface area contributed by atoms with Gasteiger partial charge in [-0.05, 0) is 85.4 Å². The third-order valence-electron chi connectivity index (χ3n) is 7.44. The molecular weight excluding hydrogens is 518 g/mol. The van der Waals surface area contributed by atoms with Crippen molar-refractivity contribution >= 4 is 5.97 Å². The average Bonchev–Trinajstić information content (AvgIpc) is 2.98. The third kappa shape index (κ3) is 12.6. The molecule has 3 aromatic rings. The van der Waals surface area contributed by atoms with E-state index in [1.807, 2.05) is 18.2 Å². The Balaban J connectivity index is 1.66. The first-order chi connectivity index (χ1) is 20.2. The van der Waals surface area contributed by atoms with Gasteiger partial charge in [-0.25, -0.2) is 4.79 Å². The number of hydrogen-bond donors (Lipinski definition) is 1. The highest BCUT2D eigenvalue weighted by molar-refractivity contribution is 5.87. The Bertz CT molecular complexity index is 1240. The van der Waals surface area contributed by atoms with Gasteiger partial charge in [-0.1, -0.05) is 112 Å². The van der Waals surface area contributed by atoms with Crippen molar-refractivity contribution in [3.8, 4) is 0 Å². The fraction of sp³-hybridized carbons (Fsp3) is 0.395. The van der Waals surface area contributed by atoms with Crippen LogP contribution in [-0.2, 0) is 17.7 Å². The largest absolute Gasteiger partial charge is 0.478 e. The molecule has 0 spiro atoms. The first kappa shape index (κ1) is 33.0. The van der Waals surface area contributed by atoms with Crippen LogP contribution in [0.2, 0.25) is 0 Å². The summed E-state index contributed by atoms with van der Waals surface area (Å²) in [4.78, 5) is 13.8. The Labute approximate surface area is 253 Å². The second kappa shape index (κ2) is 17.5. The van der Waals surface area contributed by atoms with Crippen molar-refractivity contribution in [2.75, 3.05) is 19.7 Å². The molecule has 1 atom stereocenters. The number of carboxylic acid groups (broad SMARTS) is 1. The van der Waals surface area contributed by atoms with Crippen LogP contribution < -0.4 is 0 Å². The number of benzene rings is 3. The SMILES string of the molecule is C/C=C(\C=C/CCCc1ccccc1)COC(CN(CCCC(C)(C)C)Cc1ccc(C(=O)O)cc1)c1ccccc1. The number of allylic oxidation sites excluding steroid dienone is 2. The maximum Gasteiger partial charge on any atom is 0.335 e. The van der Waals surface area contributed by atoms with Gasteiger partial charge < -0.3 is 9.84 Å². The lowest BCUT2D eigenvalue weighted by Crippen LogP contribution is -2.31. The number of unbranched alkanes of at least 4 members (excludes halogenated alkanes) is 1. The lowest BCUT2D eigenvalue weighted by atomic mass is 9.90. The number of aryl methyl sites for hydroxylation is 1. The van der Waals surface area contributed by atoms with Gasteiger partial charge in [-0.15, -0.1) is 0 Å². The van der Waals surface area contributed by atoms with Crippen molar-refractivity contribution in [2.24, 2.45) is 5.41 Å². The first-order valence-electron chi connectivity index (χ1n) is 15.3. The molecule has 42 heavy (non-hydrogen) atoms. The van der Waals surface area contributed by atoms with E-state index in [1.165, 1.54) is 16.7 Å². The van der Waals surface area contributed by atoms with Crippen LogP contribution in [0, 0.1) is 5.41 Å². The summed E-state index contributed by atoms with van der Waals surface area (Å²) in [6, 6.07) is 28.4. The Morgan fingerprint density at radius 3 is 2.19 bits per heavy atom. The van der Waals surface area contributed by atoms with E-state index in [9.17, 15) is 9.90 Å². The molecule has 0 saturated carbocycles. The Morgan fingerprint density at radius 2 is 1.57 bits per heavy atom. The van der Waals surface area contributed by atoms with Crippen LogP contribution in [0.5, 0.6) is 0 Å². The summed E-state index contributed by atoms with van der Waals surface area (Å²) < 4.78 is 6.63. The average molecular weight is 568 g/mol. The Hall–Kier alpha value is -3.47. The molecule has 0 aliphatic carbocycles. The van der Waals surface area contributed by atoms with Gasteiger partial charge in [0.15, 0.2) is 0 Å². The fourth-order valence-electron chi connectivity index (χ4n) is 4.96. The summed E-state index contributed by atoms with van der Waals surface area (Å²) in [7, 11) is 0. The van der Waals surface area contributed by atoms with Gasteiger partial charge in [0.25, 0.3) is 0 Å². The van der Waals surface area contributed by atoms with E-state index in [-0.39, 0.29) is 11.5 Å². The van der Waals surface area contributed by atoms with E-state index in [2.05, 4.69) is 105 Å². The molecule has 0 radical (unpaired) electrons. The van der Waals surface area contributed by atoms with Crippen molar-refractivity contribution in [1.82, 2.24) is 4.90 Å². The predicted octanol–water partition coefficient (Wildman–Crippen LogP) is 9.30. The minimum absolute atomic E-state index is 0.0828. The highest BCUT2D eigenvalue weighted by Gasteiger charge is 2.19. The normalized spacial score (nSPS) is 13.1. The predicted molar refractivity (Wildman–Crippen MR) is 175 cm³/mol. The van der Waals surface area contributed by atoms with Gasteiger partial charge in [-0.2, -0.15) is 0 Å². The highest BCUT2D eigenvalue weighted by Crippen LogP contribution is 2.24. The van der Waals surface area contributed by atoms with Crippen molar-refractivity contribution in [3.05, 3.63) is 131 Å². The topological polar surface area (TPSA) is 49.8 Å². The lowest BCUT2D eigenvalue weighted by Gasteiger charge is -2.29. The number of nitrogens with zero attached hydrogens (tertiary/aromatic N) is 1. The van der Waals surface area contributed by atoms with Crippen LogP contribution >= 0.6 is 0 Å². The molecular formula is C38H49NO3. The standard InChI is InChI=1S/C38H49NO3/c1-5-31(16-9-6-10-17-32-18-11-7-12-19-32)30-42-36(34-20-13-8-14-21-34)29-39(27-15-26-38(2,3)4)28-33-22-24-35(25-23-33)37(40)41/h5,7-9,11-14,16,18-25,36H,6,10,15,17,26-30H2,1-4H3,(H,40,41)/b16-9-,31-5+. The zero-order chi connectivity index (χ0) is 30.2. The third-order valence-corrected chi connectivity index (χ3v) is 7.44. The van der Waals surface area contributed by atoms with Crippen molar-refractivity contribution in [1.29, 1.82) is 0 Å². The summed E-state index contributed by atoms with van der Waals surface area (Å²) in [5, 5.41) is 9.31. The maximum atomic E-state index is 11.3. The van der Waals surface area contributed by atoms with Crippen molar-refractivity contribution in [3.63, 3.8) is 0 Å². The maximum absolute atomic E-state index is 11.3. The van der Waals surface area contributed by atoms with Crippen LogP contribution in [0.3, 0.4) is 0 Å². The van der Waals surface area contributed by atoms with Crippen molar-refractivity contribution in [2.45, 2.75) is 72.4 Å². The van der Waals surface area contributed by atoms with Gasteiger partial charge >= 0.3 is 5.97 Å². The van der Waals surface area contributed by atoms with Gasteiger partial charge in [-0.3, -0.25) is 4.90 Å². The van der Waals surface area contributed by atoms with E-state index in [1.54, 1.807) is 12.1 Å². The molecule has 1 N–H and O–H groups in total. The molecule has 4 heteroatoms. The molecule has 0 heterocycles. The summed E-state index contributed by atoms with van der Waals surface area (Å²) in [6.45, 7) is 11.9. The van der Waals surface area contributed by atoms with E-state index in [0.29, 0.717) is 12.2 Å². The van der Waals surface area contributed by atoms with E-state index in [4.69, 9.17) is 4.74 Å². The molecule has 3 rings (SSSR count). The molecule has 4 nitrogen and oxygen atoms in total. The molecule has 0 aromatic heterocycles. The smallest absolute Gasteiger partial charge is 0.335 e. The second-order valence-corrected chi connectivity index (χ2v) is 12.3. The van der Waals surface area contributed by atoms with Crippen LogP contribution in [-0.4, -0.2) is 35.7 Å². The van der Waals surface area contributed by atoms with Crippen molar-refractivity contribution < 1.29 is 14.6 Å². The van der Waals surface area contributed by atoms with Crippen LogP contribution in [0.1, 0.15) is 86.5 Å². The number of carboxylic acids is 1. The number of aromatic carboxylic acids is 1. The molecule has 0 bridgehead atoms. The zero-order valence-corrected chi connectivity index (χ0v) is 26.0. The van der Waals surface area contributed by atoms with Gasteiger partial charge in [0.05, 0.1) is 18.3 Å². The molecule has 3 aromatic carbocycles. The molecule has 0 aliphatic rings. The van der Waals surface area contributed by atoms with Crippen LogP contribution in [0.4, 0.5) is 0 Å². The fourth-order valence-corrected chi connectivity index (χ4v) is 4.96. The zero-order valence-electron chi connectivity index (χ0n) is 26.0. The van der Waals surface area contributed by atoms with Gasteiger partial charge in [0.1, 0.15) is 0 Å². The second-order valence-electron chi connectivity index (χ2n) is 12.3. The van der Waals surface area contributed by atoms with E-state index >= 15 is 0 Å². The molecule has 224 valence electrons. The summed E-state index contributed by atoms with van der Waals surface area (Å²) in [5.74, 6) is -0.897. The lowest BCUT2D eigenvalue weighted by molar-refractivity contribution is 0.0355. The summed E-state index contributed by atoms with van der Waals surface area (Å²) in [6.07, 6.45) is 12.0. The number of ether oxygens (including phenoxy) is 1. The Kier molecular flexibility index (Phi) is 13.7. The number of rotatable bonds is 17. The van der Waals surface area contributed by atoms with E-state index < -0.39 is 5.97 Å². The highest BCUT2D eigenvalue weighted by atomic mass is 16.5. The molecule has 0 amide bonds. The van der Waals surface area contributed by atoms with Gasteiger partial charge in [0.2, 0.25) is 0 Å². The number of hydrogen-bond acceptors (Lipinski definition) is 3. The van der Waals surface area contributed by atoms with Crippen LogP contribution in [0.15, 0.2) is 109 Å². The molecule has 0 aliphatic heterocycles. The molecule has 0 saturated heterocycles. The Morgan fingerprint density at radius 1 is 0.905 bits per heavy atom.